The number of aryl methyl sites for hydroxylation is 1. The van der Waals surface area contributed by atoms with Gasteiger partial charge in [0.25, 0.3) is 5.69 Å². The highest BCUT2D eigenvalue weighted by Crippen LogP contribution is 2.29. The zero-order valence-corrected chi connectivity index (χ0v) is 18.9. The molecule has 4 aromatic rings. The van der Waals surface area contributed by atoms with Crippen LogP contribution in [0.1, 0.15) is 23.0 Å². The van der Waals surface area contributed by atoms with E-state index in [2.05, 4.69) is 0 Å². The minimum absolute atomic E-state index is 0. The highest BCUT2D eigenvalue weighted by atomic mass is 127. The summed E-state index contributed by atoms with van der Waals surface area (Å²) in [5.41, 5.74) is 4.76. The molecule has 154 valence electrons. The van der Waals surface area contributed by atoms with E-state index < -0.39 is 10.9 Å². The molecule has 0 radical (unpaired) electrons. The first-order valence-corrected chi connectivity index (χ1v) is 9.28. The molecule has 2 heterocycles. The monoisotopic (exact) mass is 517 g/mol. The van der Waals surface area contributed by atoms with E-state index in [4.69, 9.17) is 4.74 Å². The van der Waals surface area contributed by atoms with E-state index in [-0.39, 0.29) is 36.3 Å². The van der Waals surface area contributed by atoms with Gasteiger partial charge in [-0.1, -0.05) is 12.1 Å². The molecule has 0 unspecified atom stereocenters. The van der Waals surface area contributed by atoms with Crippen LogP contribution in [0.5, 0.6) is 0 Å². The minimum atomic E-state index is -0.427. The number of non-ortho nitro benzene ring substituents is 1. The molecule has 4 rings (SSSR count). The maximum Gasteiger partial charge on any atom is 0.344 e. The number of aromatic nitrogens is 2. The largest absolute Gasteiger partial charge is 1.00 e. The number of carbonyl (C=O) groups is 1. The Balaban J connectivity index is 0.00000256. The number of nitrogens with zero attached hydrogens (tertiary/aromatic N) is 3. The summed E-state index contributed by atoms with van der Waals surface area (Å²) in [7, 11) is 1.95. The van der Waals surface area contributed by atoms with Gasteiger partial charge in [-0.15, -0.1) is 0 Å². The average Bonchev–Trinajstić information content (AvgIpc) is 3.00. The molecule has 7 nitrogen and oxygen atoms in total. The number of esters is 1. The lowest BCUT2D eigenvalue weighted by Gasteiger charge is -2.08. The van der Waals surface area contributed by atoms with Crippen LogP contribution in [0.2, 0.25) is 0 Å². The quantitative estimate of drug-likeness (QED) is 0.133. The zero-order valence-electron chi connectivity index (χ0n) is 16.8. The summed E-state index contributed by atoms with van der Waals surface area (Å²) in [6, 6.07) is 16.2. The Hall–Kier alpha value is -3.01. The number of para-hydroxylation sites is 1. The van der Waals surface area contributed by atoms with Crippen molar-refractivity contribution in [1.82, 2.24) is 4.57 Å². The number of carbonyl (C=O) groups excluding carboxylic acids is 1. The predicted octanol–water partition coefficient (Wildman–Crippen LogP) is 1.01. The summed E-state index contributed by atoms with van der Waals surface area (Å²) in [5, 5.41) is 12.1. The van der Waals surface area contributed by atoms with Crippen molar-refractivity contribution in [2.75, 3.05) is 6.61 Å². The van der Waals surface area contributed by atoms with Crippen molar-refractivity contribution in [3.8, 4) is 5.69 Å². The molecular formula is C22H20IN3O4. The van der Waals surface area contributed by atoms with Crippen molar-refractivity contribution >= 4 is 33.6 Å². The molecule has 0 N–H and O–H groups in total. The molecular weight excluding hydrogens is 497 g/mol. The topological polar surface area (TPSA) is 78.2 Å². The molecule has 8 heteroatoms. The molecule has 0 aliphatic carbocycles. The molecule has 0 spiro atoms. The van der Waals surface area contributed by atoms with Crippen LogP contribution < -0.4 is 28.5 Å². The van der Waals surface area contributed by atoms with Crippen molar-refractivity contribution in [3.63, 3.8) is 0 Å². The lowest BCUT2D eigenvalue weighted by molar-refractivity contribution is -0.573. The number of fused-ring (bicyclic) bond motifs is 3. The fourth-order valence-corrected chi connectivity index (χ4v) is 3.78. The summed E-state index contributed by atoms with van der Waals surface area (Å²) in [5.74, 6) is -0.396. The van der Waals surface area contributed by atoms with E-state index in [1.54, 1.807) is 19.1 Å². The van der Waals surface area contributed by atoms with Crippen molar-refractivity contribution in [1.29, 1.82) is 0 Å². The molecule has 2 aromatic heterocycles. The van der Waals surface area contributed by atoms with Crippen LogP contribution in [-0.2, 0) is 11.8 Å². The first kappa shape index (κ1) is 21.7. The highest BCUT2D eigenvalue weighted by molar-refractivity contribution is 6.06. The fourth-order valence-electron chi connectivity index (χ4n) is 3.78. The molecule has 0 atom stereocenters. The van der Waals surface area contributed by atoms with Gasteiger partial charge in [0.2, 0.25) is 11.2 Å². The predicted molar refractivity (Wildman–Crippen MR) is 109 cm³/mol. The standard InChI is InChI=1S/C22H20N3O4.HI/c1-4-29-22(26)18-13-20-21(17-7-5-6-8-19(17)23(20)3)24(14(18)2)15-9-11-16(12-10-15)25(27)28;/h5-13H,4H2,1-3H3;1H/q+1;/p-1. The maximum absolute atomic E-state index is 12.6. The maximum atomic E-state index is 12.6. The second-order valence-corrected chi connectivity index (χ2v) is 6.78. The number of nitro benzene ring substituents is 1. The van der Waals surface area contributed by atoms with Crippen molar-refractivity contribution in [3.05, 3.63) is 76.0 Å². The lowest BCUT2D eigenvalue weighted by Crippen LogP contribution is -3.00. The van der Waals surface area contributed by atoms with Crippen LogP contribution >= 0.6 is 0 Å². The summed E-state index contributed by atoms with van der Waals surface area (Å²) in [6.45, 7) is 3.91. The molecule has 2 aromatic carbocycles. The second kappa shape index (κ2) is 8.39. The zero-order chi connectivity index (χ0) is 20.7. The number of nitro groups is 1. The third kappa shape index (κ3) is 3.41. The molecule has 0 aliphatic heterocycles. The Morgan fingerprint density at radius 3 is 2.43 bits per heavy atom. The third-order valence-corrected chi connectivity index (χ3v) is 5.17. The molecule has 0 saturated heterocycles. The fraction of sp³-hybridized carbons (Fsp3) is 0.182. The number of hydrogen-bond donors (Lipinski definition) is 0. The smallest absolute Gasteiger partial charge is 0.344 e. The number of benzene rings is 2. The van der Waals surface area contributed by atoms with Crippen LogP contribution in [0, 0.1) is 17.0 Å². The number of ether oxygens (including phenoxy) is 1. The van der Waals surface area contributed by atoms with E-state index in [0.717, 1.165) is 27.6 Å². The van der Waals surface area contributed by atoms with Gasteiger partial charge in [-0.25, -0.2) is 4.79 Å². The normalized spacial score (nSPS) is 10.8. The Kier molecular flexibility index (Phi) is 6.06. The number of hydrogen-bond acceptors (Lipinski definition) is 4. The van der Waals surface area contributed by atoms with E-state index in [0.29, 0.717) is 11.3 Å². The van der Waals surface area contributed by atoms with Crippen molar-refractivity contribution in [2.45, 2.75) is 13.8 Å². The summed E-state index contributed by atoms with van der Waals surface area (Å²) >= 11 is 0. The van der Waals surface area contributed by atoms with Crippen LogP contribution in [0.25, 0.3) is 27.6 Å². The van der Waals surface area contributed by atoms with Gasteiger partial charge in [0.15, 0.2) is 5.69 Å². The van der Waals surface area contributed by atoms with Gasteiger partial charge in [0.05, 0.1) is 22.4 Å². The minimum Gasteiger partial charge on any atom is -1.00 e. The van der Waals surface area contributed by atoms with Crippen molar-refractivity contribution < 1.29 is 43.0 Å². The average molecular weight is 517 g/mol. The summed E-state index contributed by atoms with van der Waals surface area (Å²) in [6.07, 6.45) is 0. The Morgan fingerprint density at radius 2 is 1.80 bits per heavy atom. The van der Waals surface area contributed by atoms with E-state index >= 15 is 0 Å². The van der Waals surface area contributed by atoms with Crippen LogP contribution in [-0.4, -0.2) is 22.1 Å². The van der Waals surface area contributed by atoms with Gasteiger partial charge in [-0.2, -0.15) is 4.57 Å². The van der Waals surface area contributed by atoms with Crippen LogP contribution in [0.15, 0.2) is 54.6 Å². The number of pyridine rings is 1. The number of halogens is 1. The first-order chi connectivity index (χ1) is 13.9. The Morgan fingerprint density at radius 1 is 1.13 bits per heavy atom. The van der Waals surface area contributed by atoms with Gasteiger partial charge in [-0.05, 0) is 25.1 Å². The molecule has 0 amide bonds. The molecule has 0 saturated carbocycles. The molecule has 0 aliphatic rings. The Bertz CT molecular complexity index is 1280. The summed E-state index contributed by atoms with van der Waals surface area (Å²) in [4.78, 5) is 23.3. The van der Waals surface area contributed by atoms with Gasteiger partial charge in [0, 0.05) is 38.2 Å². The highest BCUT2D eigenvalue weighted by Gasteiger charge is 2.29. The van der Waals surface area contributed by atoms with Gasteiger partial charge >= 0.3 is 5.97 Å². The van der Waals surface area contributed by atoms with E-state index in [9.17, 15) is 14.9 Å². The molecule has 30 heavy (non-hydrogen) atoms. The Labute approximate surface area is 190 Å². The van der Waals surface area contributed by atoms with E-state index in [1.807, 2.05) is 53.4 Å². The summed E-state index contributed by atoms with van der Waals surface area (Å²) < 4.78 is 9.26. The van der Waals surface area contributed by atoms with Gasteiger partial charge in [-0.3, -0.25) is 10.1 Å². The second-order valence-electron chi connectivity index (χ2n) is 6.78. The number of rotatable bonds is 4. The molecule has 0 bridgehead atoms. The van der Waals surface area contributed by atoms with Crippen LogP contribution in [0.3, 0.4) is 0 Å². The lowest BCUT2D eigenvalue weighted by atomic mass is 10.1. The van der Waals surface area contributed by atoms with Gasteiger partial charge in [0.1, 0.15) is 11.1 Å². The SMILES string of the molecule is CCOC(=O)c1cc2c(c3ccccc3n2C)[n+](-c2ccc([N+](=O)[O-])cc2)c1C.[I-]. The van der Waals surface area contributed by atoms with E-state index in [1.165, 1.54) is 12.1 Å². The molecule has 0 fully saturated rings. The van der Waals surface area contributed by atoms with Crippen LogP contribution in [0.4, 0.5) is 5.69 Å². The van der Waals surface area contributed by atoms with Gasteiger partial charge < -0.3 is 33.3 Å². The van der Waals surface area contributed by atoms with Crippen molar-refractivity contribution in [2.24, 2.45) is 7.05 Å². The third-order valence-electron chi connectivity index (χ3n) is 5.17. The first-order valence-electron chi connectivity index (χ1n) is 9.28.